The number of carbonyl (C=O) groups excluding carboxylic acids is 1. The Hall–Kier alpha value is -1.26. The number of rotatable bonds is 7. The first-order valence-corrected chi connectivity index (χ1v) is 7.10. The van der Waals surface area contributed by atoms with E-state index in [-0.39, 0.29) is 5.97 Å². The van der Waals surface area contributed by atoms with Gasteiger partial charge < -0.3 is 14.8 Å². The predicted molar refractivity (Wildman–Crippen MR) is 80.2 cm³/mol. The molecule has 0 bridgehead atoms. The van der Waals surface area contributed by atoms with Gasteiger partial charge in [0.2, 0.25) is 0 Å². The average Bonchev–Trinajstić information content (AvgIpc) is 2.39. The maximum absolute atomic E-state index is 12.1. The summed E-state index contributed by atoms with van der Waals surface area (Å²) in [6.45, 7) is 7.01. The Morgan fingerprint density at radius 2 is 2.10 bits per heavy atom. The van der Waals surface area contributed by atoms with Crippen molar-refractivity contribution < 1.29 is 14.3 Å². The third-order valence-corrected chi connectivity index (χ3v) is 3.06. The van der Waals surface area contributed by atoms with Crippen molar-refractivity contribution in [3.63, 3.8) is 0 Å². The van der Waals surface area contributed by atoms with Crippen LogP contribution in [-0.4, -0.2) is 26.2 Å². The van der Waals surface area contributed by atoms with Crippen LogP contribution in [-0.2, 0) is 9.53 Å². The van der Waals surface area contributed by atoms with Gasteiger partial charge in [-0.1, -0.05) is 31.5 Å². The Morgan fingerprint density at radius 1 is 1.40 bits per heavy atom. The second-order valence-corrected chi connectivity index (χ2v) is 5.29. The standard InChI is InChI=1S/C15H22ClNO3/c1-5-20-15(18)14(17-9-10(2)3)11-6-7-13(19-4)12(16)8-11/h6-8,10,14,17H,5,9H2,1-4H3. The highest BCUT2D eigenvalue weighted by Crippen LogP contribution is 2.28. The van der Waals surface area contributed by atoms with Gasteiger partial charge in [0, 0.05) is 0 Å². The van der Waals surface area contributed by atoms with Gasteiger partial charge in [0.15, 0.2) is 0 Å². The first-order chi connectivity index (χ1) is 9.49. The number of hydrogen-bond donors (Lipinski definition) is 1. The zero-order valence-corrected chi connectivity index (χ0v) is 13.2. The van der Waals surface area contributed by atoms with E-state index in [1.165, 1.54) is 0 Å². The molecule has 0 aliphatic carbocycles. The van der Waals surface area contributed by atoms with Crippen molar-refractivity contribution in [3.05, 3.63) is 28.8 Å². The van der Waals surface area contributed by atoms with Gasteiger partial charge in [0.05, 0.1) is 18.7 Å². The quantitative estimate of drug-likeness (QED) is 0.786. The molecule has 4 nitrogen and oxygen atoms in total. The largest absolute Gasteiger partial charge is 0.495 e. The summed E-state index contributed by atoms with van der Waals surface area (Å²) in [7, 11) is 1.56. The van der Waals surface area contributed by atoms with Crippen LogP contribution in [0.2, 0.25) is 5.02 Å². The molecular formula is C15H22ClNO3. The van der Waals surface area contributed by atoms with Crippen LogP contribution in [0.3, 0.4) is 0 Å². The number of methoxy groups -OCH3 is 1. The molecule has 0 saturated carbocycles. The maximum atomic E-state index is 12.1. The fourth-order valence-electron chi connectivity index (χ4n) is 1.78. The number of esters is 1. The normalized spacial score (nSPS) is 12.3. The van der Waals surface area contributed by atoms with Crippen LogP contribution in [0, 0.1) is 5.92 Å². The third-order valence-electron chi connectivity index (χ3n) is 2.76. The van der Waals surface area contributed by atoms with Crippen LogP contribution in [0.25, 0.3) is 0 Å². The van der Waals surface area contributed by atoms with Crippen molar-refractivity contribution in [1.82, 2.24) is 5.32 Å². The van der Waals surface area contributed by atoms with E-state index in [1.54, 1.807) is 26.2 Å². The smallest absolute Gasteiger partial charge is 0.327 e. The molecule has 1 atom stereocenters. The number of hydrogen-bond acceptors (Lipinski definition) is 4. The summed E-state index contributed by atoms with van der Waals surface area (Å²) < 4.78 is 10.2. The van der Waals surface area contributed by atoms with E-state index >= 15 is 0 Å². The second-order valence-electron chi connectivity index (χ2n) is 4.88. The molecule has 0 radical (unpaired) electrons. The van der Waals surface area contributed by atoms with Crippen LogP contribution >= 0.6 is 11.6 Å². The molecule has 0 saturated heterocycles. The Kier molecular flexibility index (Phi) is 6.82. The number of nitrogens with one attached hydrogen (secondary N) is 1. The highest BCUT2D eigenvalue weighted by atomic mass is 35.5. The lowest BCUT2D eigenvalue weighted by Crippen LogP contribution is -2.32. The summed E-state index contributed by atoms with van der Waals surface area (Å²) >= 11 is 6.11. The van der Waals surface area contributed by atoms with E-state index in [4.69, 9.17) is 21.1 Å². The van der Waals surface area contributed by atoms with Gasteiger partial charge in [-0.3, -0.25) is 0 Å². The molecule has 1 aromatic rings. The number of carbonyl (C=O) groups is 1. The Labute approximate surface area is 125 Å². The SMILES string of the molecule is CCOC(=O)C(NCC(C)C)c1ccc(OC)c(Cl)c1. The van der Waals surface area contributed by atoms with Gasteiger partial charge in [-0.15, -0.1) is 0 Å². The summed E-state index contributed by atoms with van der Waals surface area (Å²) in [6.07, 6.45) is 0. The lowest BCUT2D eigenvalue weighted by molar-refractivity contribution is -0.145. The third kappa shape index (κ3) is 4.69. The minimum absolute atomic E-state index is 0.297. The summed E-state index contributed by atoms with van der Waals surface area (Å²) in [5, 5.41) is 3.69. The summed E-state index contributed by atoms with van der Waals surface area (Å²) in [5.41, 5.74) is 0.773. The van der Waals surface area contributed by atoms with Crippen LogP contribution in [0.1, 0.15) is 32.4 Å². The van der Waals surface area contributed by atoms with Gasteiger partial charge in [-0.25, -0.2) is 4.79 Å². The molecule has 0 aliphatic rings. The molecule has 5 heteroatoms. The van der Waals surface area contributed by atoms with Crippen LogP contribution in [0.15, 0.2) is 18.2 Å². The van der Waals surface area contributed by atoms with E-state index < -0.39 is 6.04 Å². The molecule has 0 amide bonds. The molecule has 0 aliphatic heterocycles. The molecule has 1 N–H and O–H groups in total. The Bertz CT molecular complexity index is 449. The van der Waals surface area contributed by atoms with E-state index in [2.05, 4.69) is 19.2 Å². The molecule has 0 aromatic heterocycles. The van der Waals surface area contributed by atoms with Crippen LogP contribution < -0.4 is 10.1 Å². The first kappa shape index (κ1) is 16.8. The molecular weight excluding hydrogens is 278 g/mol. The fraction of sp³-hybridized carbons (Fsp3) is 0.533. The van der Waals surface area contributed by atoms with Crippen LogP contribution in [0.5, 0.6) is 5.75 Å². The molecule has 112 valence electrons. The van der Waals surface area contributed by atoms with Crippen molar-refractivity contribution in [2.75, 3.05) is 20.3 Å². The summed E-state index contributed by atoms with van der Waals surface area (Å²) in [5.74, 6) is 0.719. The molecule has 0 fully saturated rings. The fourth-order valence-corrected chi connectivity index (χ4v) is 2.04. The molecule has 1 rings (SSSR count). The van der Waals surface area contributed by atoms with E-state index in [1.807, 2.05) is 6.07 Å². The molecule has 1 unspecified atom stereocenters. The van der Waals surface area contributed by atoms with Gasteiger partial charge in [0.25, 0.3) is 0 Å². The minimum Gasteiger partial charge on any atom is -0.495 e. The van der Waals surface area contributed by atoms with E-state index in [9.17, 15) is 4.79 Å². The number of ether oxygens (including phenoxy) is 2. The lowest BCUT2D eigenvalue weighted by Gasteiger charge is -2.19. The van der Waals surface area contributed by atoms with E-state index in [0.29, 0.717) is 29.8 Å². The van der Waals surface area contributed by atoms with Gasteiger partial charge in [-0.05, 0) is 37.1 Å². The monoisotopic (exact) mass is 299 g/mol. The molecule has 20 heavy (non-hydrogen) atoms. The topological polar surface area (TPSA) is 47.6 Å². The predicted octanol–water partition coefficient (Wildman–Crippen LogP) is 3.20. The highest BCUT2D eigenvalue weighted by Gasteiger charge is 2.22. The average molecular weight is 300 g/mol. The maximum Gasteiger partial charge on any atom is 0.327 e. The second kappa shape index (κ2) is 8.12. The number of halogens is 1. The zero-order chi connectivity index (χ0) is 15.1. The van der Waals surface area contributed by atoms with Crippen molar-refractivity contribution in [2.24, 2.45) is 5.92 Å². The Balaban J connectivity index is 2.96. The number of benzene rings is 1. The van der Waals surface area contributed by atoms with Crippen LogP contribution in [0.4, 0.5) is 0 Å². The van der Waals surface area contributed by atoms with Crippen molar-refractivity contribution in [1.29, 1.82) is 0 Å². The van der Waals surface area contributed by atoms with Gasteiger partial charge in [0.1, 0.15) is 11.8 Å². The lowest BCUT2D eigenvalue weighted by atomic mass is 10.1. The highest BCUT2D eigenvalue weighted by molar-refractivity contribution is 6.32. The summed E-state index contributed by atoms with van der Waals surface area (Å²) in [4.78, 5) is 12.1. The Morgan fingerprint density at radius 3 is 2.60 bits per heavy atom. The van der Waals surface area contributed by atoms with E-state index in [0.717, 1.165) is 5.56 Å². The first-order valence-electron chi connectivity index (χ1n) is 6.73. The summed E-state index contributed by atoms with van der Waals surface area (Å²) in [6, 6.07) is 4.79. The minimum atomic E-state index is -0.513. The van der Waals surface area contributed by atoms with Crippen molar-refractivity contribution in [3.8, 4) is 5.75 Å². The zero-order valence-electron chi connectivity index (χ0n) is 12.4. The van der Waals surface area contributed by atoms with Crippen molar-refractivity contribution >= 4 is 17.6 Å². The van der Waals surface area contributed by atoms with Crippen molar-refractivity contribution in [2.45, 2.75) is 26.8 Å². The van der Waals surface area contributed by atoms with Gasteiger partial charge >= 0.3 is 5.97 Å². The molecule has 1 aromatic carbocycles. The van der Waals surface area contributed by atoms with Gasteiger partial charge in [-0.2, -0.15) is 0 Å². The molecule has 0 heterocycles. The molecule has 0 spiro atoms.